The molecule has 8 heteroatoms. The Labute approximate surface area is 188 Å². The summed E-state index contributed by atoms with van der Waals surface area (Å²) in [7, 11) is -3.25. The van der Waals surface area contributed by atoms with Gasteiger partial charge in [-0.25, -0.2) is 13.4 Å². The summed E-state index contributed by atoms with van der Waals surface area (Å²) < 4.78 is 23.3. The monoisotopic (exact) mass is 459 g/mol. The zero-order chi connectivity index (χ0) is 22.2. The second-order valence-corrected chi connectivity index (χ2v) is 10.9. The van der Waals surface area contributed by atoms with Crippen LogP contribution in [0.4, 0.5) is 5.69 Å². The predicted molar refractivity (Wildman–Crippen MR) is 122 cm³/mol. The summed E-state index contributed by atoms with van der Waals surface area (Å²) in [5.74, 6) is 0.449. The van der Waals surface area contributed by atoms with Gasteiger partial charge in [-0.3, -0.25) is 9.79 Å². The van der Waals surface area contributed by atoms with Crippen LogP contribution in [0.5, 0.6) is 0 Å². The number of hydrogen-bond donors (Lipinski definition) is 1. The molecule has 2 unspecified atom stereocenters. The molecule has 1 N–H and O–H groups in total. The molecule has 2 aliphatic rings. The topological polar surface area (TPSA) is 88.5 Å². The van der Waals surface area contributed by atoms with Gasteiger partial charge in [0.1, 0.15) is 5.15 Å². The predicted octanol–water partition coefficient (Wildman–Crippen LogP) is 4.64. The lowest BCUT2D eigenvalue weighted by molar-refractivity contribution is -0.117. The Morgan fingerprint density at radius 2 is 1.81 bits per heavy atom. The summed E-state index contributed by atoms with van der Waals surface area (Å²) in [6, 6.07) is 10.2. The molecule has 2 atom stereocenters. The number of sulfone groups is 1. The molecule has 1 fully saturated rings. The summed E-state index contributed by atoms with van der Waals surface area (Å²) in [6.07, 6.45) is 5.71. The van der Waals surface area contributed by atoms with Gasteiger partial charge in [-0.05, 0) is 48.6 Å². The van der Waals surface area contributed by atoms with Gasteiger partial charge in [0.15, 0.2) is 15.7 Å². The molecule has 2 heterocycles. The lowest BCUT2D eigenvalue weighted by atomic mass is 9.77. The third kappa shape index (κ3) is 4.67. The second-order valence-electron chi connectivity index (χ2n) is 8.50. The van der Waals surface area contributed by atoms with Crippen LogP contribution in [0.2, 0.25) is 5.15 Å². The largest absolute Gasteiger partial charge is 0.336 e. The Morgan fingerprint density at radius 1 is 1.13 bits per heavy atom. The van der Waals surface area contributed by atoms with Crippen molar-refractivity contribution in [3.8, 4) is 0 Å². The number of benzene rings is 1. The zero-order valence-corrected chi connectivity index (χ0v) is 19.2. The Bertz CT molecular complexity index is 1120. The lowest BCUT2D eigenvalue weighted by Crippen LogP contribution is -2.30. The van der Waals surface area contributed by atoms with Crippen LogP contribution in [-0.2, 0) is 21.2 Å². The first-order valence-electron chi connectivity index (χ1n) is 10.5. The van der Waals surface area contributed by atoms with Crippen LogP contribution in [0.15, 0.2) is 46.3 Å². The van der Waals surface area contributed by atoms with Gasteiger partial charge in [-0.1, -0.05) is 43.5 Å². The maximum atomic E-state index is 13.3. The SMILES string of the molecule is CC1C(=O)C(=NCc2ccc(S(C)(=O)=O)cc2)Nc2ccc(Cl)nc2C1C1CCCC1. The molecule has 1 aromatic carbocycles. The summed E-state index contributed by atoms with van der Waals surface area (Å²) in [6.45, 7) is 2.23. The van der Waals surface area contributed by atoms with Crippen molar-refractivity contribution in [2.75, 3.05) is 11.6 Å². The van der Waals surface area contributed by atoms with Gasteiger partial charge in [0.2, 0.25) is 5.78 Å². The molecule has 0 radical (unpaired) electrons. The van der Waals surface area contributed by atoms with Crippen LogP contribution in [0.3, 0.4) is 0 Å². The molecule has 164 valence electrons. The molecular weight excluding hydrogens is 434 g/mol. The van der Waals surface area contributed by atoms with E-state index in [9.17, 15) is 13.2 Å². The van der Waals surface area contributed by atoms with Crippen molar-refractivity contribution in [1.29, 1.82) is 0 Å². The smallest absolute Gasteiger partial charge is 0.201 e. The van der Waals surface area contributed by atoms with Gasteiger partial charge < -0.3 is 5.32 Å². The van der Waals surface area contributed by atoms with Gasteiger partial charge >= 0.3 is 0 Å². The average Bonchev–Trinajstić information content (AvgIpc) is 3.23. The highest BCUT2D eigenvalue weighted by Crippen LogP contribution is 2.45. The van der Waals surface area contributed by atoms with E-state index in [-0.39, 0.29) is 29.1 Å². The number of hydrogen-bond acceptors (Lipinski definition) is 5. The van der Waals surface area contributed by atoms with E-state index in [2.05, 4.69) is 15.3 Å². The maximum Gasteiger partial charge on any atom is 0.201 e. The molecule has 0 spiro atoms. The van der Waals surface area contributed by atoms with E-state index in [1.165, 1.54) is 19.1 Å². The molecule has 4 rings (SSSR count). The normalized spacial score (nSPS) is 23.5. The van der Waals surface area contributed by atoms with Crippen LogP contribution in [0.25, 0.3) is 0 Å². The minimum absolute atomic E-state index is 0.0120. The Hall–Kier alpha value is -2.25. The van der Waals surface area contributed by atoms with Crippen LogP contribution in [-0.4, -0.2) is 31.3 Å². The molecule has 6 nitrogen and oxygen atoms in total. The molecule has 1 aromatic heterocycles. The fraction of sp³-hybridized carbons (Fsp3) is 0.435. The van der Waals surface area contributed by atoms with Gasteiger partial charge in [-0.2, -0.15) is 0 Å². The van der Waals surface area contributed by atoms with E-state index in [0.29, 0.717) is 16.9 Å². The highest BCUT2D eigenvalue weighted by molar-refractivity contribution is 7.90. The first kappa shape index (κ1) is 22.0. The van der Waals surface area contributed by atoms with Crippen molar-refractivity contribution >= 4 is 38.7 Å². The molecule has 0 bridgehead atoms. The number of Topliss-reactive ketones (excluding diaryl/α,β-unsaturated/α-hetero) is 1. The number of halogens is 1. The Balaban J connectivity index is 1.65. The van der Waals surface area contributed by atoms with Crippen molar-refractivity contribution in [2.45, 2.75) is 50.0 Å². The third-order valence-corrected chi connectivity index (χ3v) is 7.66. The zero-order valence-electron chi connectivity index (χ0n) is 17.6. The van der Waals surface area contributed by atoms with Crippen LogP contribution < -0.4 is 5.32 Å². The van der Waals surface area contributed by atoms with E-state index >= 15 is 0 Å². The summed E-state index contributed by atoms with van der Waals surface area (Å²) in [4.78, 5) is 22.8. The molecule has 31 heavy (non-hydrogen) atoms. The number of carbonyl (C=O) groups excluding carboxylic acids is 1. The second kappa shape index (κ2) is 8.71. The van der Waals surface area contributed by atoms with Crippen LogP contribution >= 0.6 is 11.6 Å². The highest BCUT2D eigenvalue weighted by atomic mass is 35.5. The number of aliphatic imine (C=N–C) groups is 1. The van der Waals surface area contributed by atoms with Gasteiger partial charge in [0.25, 0.3) is 0 Å². The molecule has 0 amide bonds. The molecule has 1 saturated carbocycles. The number of ketones is 1. The van der Waals surface area contributed by atoms with Crippen molar-refractivity contribution < 1.29 is 13.2 Å². The van der Waals surface area contributed by atoms with E-state index in [1.54, 1.807) is 30.3 Å². The molecule has 1 aliphatic carbocycles. The number of fused-ring (bicyclic) bond motifs is 1. The quantitative estimate of drug-likeness (QED) is 0.672. The number of pyridine rings is 1. The fourth-order valence-electron chi connectivity index (χ4n) is 4.69. The lowest BCUT2D eigenvalue weighted by Gasteiger charge is -2.26. The van der Waals surface area contributed by atoms with E-state index < -0.39 is 9.84 Å². The van der Waals surface area contributed by atoms with E-state index in [4.69, 9.17) is 11.6 Å². The van der Waals surface area contributed by atoms with Crippen molar-refractivity contribution in [3.63, 3.8) is 0 Å². The van der Waals surface area contributed by atoms with Crippen LogP contribution in [0.1, 0.15) is 49.8 Å². The fourth-order valence-corrected chi connectivity index (χ4v) is 5.48. The summed E-state index contributed by atoms with van der Waals surface area (Å²) >= 11 is 6.21. The number of aromatic nitrogens is 1. The Kier molecular flexibility index (Phi) is 6.17. The third-order valence-electron chi connectivity index (χ3n) is 6.32. The number of anilines is 1. The molecule has 1 aliphatic heterocycles. The Morgan fingerprint density at radius 3 is 2.45 bits per heavy atom. The van der Waals surface area contributed by atoms with Gasteiger partial charge in [-0.15, -0.1) is 0 Å². The van der Waals surface area contributed by atoms with Gasteiger partial charge in [0, 0.05) is 18.1 Å². The van der Waals surface area contributed by atoms with Crippen LogP contribution in [0, 0.1) is 11.8 Å². The molecule has 2 aromatic rings. The van der Waals surface area contributed by atoms with Crippen molar-refractivity contribution in [2.24, 2.45) is 16.8 Å². The van der Waals surface area contributed by atoms with E-state index in [1.807, 2.05) is 13.0 Å². The minimum atomic E-state index is -3.25. The standard InChI is InChI=1S/C23H26ClN3O3S/c1-14-20(16-5-3-4-6-16)21-18(11-12-19(24)27-21)26-23(22(14)28)25-13-15-7-9-17(10-8-15)31(2,29)30/h7-12,14,16,20H,3-6,13H2,1-2H3,(H,25,26). The number of nitrogens with zero attached hydrogens (tertiary/aromatic N) is 2. The summed E-state index contributed by atoms with van der Waals surface area (Å²) in [5, 5.41) is 3.64. The van der Waals surface area contributed by atoms with Crippen molar-refractivity contribution in [3.05, 3.63) is 52.8 Å². The minimum Gasteiger partial charge on any atom is -0.336 e. The first-order chi connectivity index (χ1) is 14.7. The number of carbonyl (C=O) groups is 1. The highest BCUT2D eigenvalue weighted by Gasteiger charge is 2.40. The molecule has 0 saturated heterocycles. The molecular formula is C23H26ClN3O3S. The average molecular weight is 460 g/mol. The number of rotatable bonds is 4. The van der Waals surface area contributed by atoms with Gasteiger partial charge in [0.05, 0.1) is 22.8 Å². The maximum absolute atomic E-state index is 13.3. The van der Waals surface area contributed by atoms with E-state index in [0.717, 1.165) is 29.8 Å². The first-order valence-corrected chi connectivity index (χ1v) is 12.8. The number of nitrogens with one attached hydrogen (secondary N) is 1. The summed E-state index contributed by atoms with van der Waals surface area (Å²) in [5.41, 5.74) is 2.46. The van der Waals surface area contributed by atoms with Crippen molar-refractivity contribution in [1.82, 2.24) is 4.98 Å². The number of amidine groups is 1.